The van der Waals surface area contributed by atoms with Gasteiger partial charge in [0.2, 0.25) is 0 Å². The van der Waals surface area contributed by atoms with E-state index in [1.165, 1.54) is 19.3 Å². The molecule has 0 bridgehead atoms. The van der Waals surface area contributed by atoms with E-state index < -0.39 is 5.60 Å². The van der Waals surface area contributed by atoms with Crippen molar-refractivity contribution in [3.63, 3.8) is 0 Å². The Hall–Kier alpha value is -0.870. The van der Waals surface area contributed by atoms with E-state index in [1.54, 1.807) is 10.9 Å². The van der Waals surface area contributed by atoms with Crippen molar-refractivity contribution in [1.82, 2.24) is 15.1 Å². The van der Waals surface area contributed by atoms with Gasteiger partial charge in [-0.05, 0) is 25.2 Å². The van der Waals surface area contributed by atoms with Gasteiger partial charge in [0.25, 0.3) is 0 Å². The molecule has 0 radical (unpaired) electrons. The molecule has 1 aliphatic carbocycles. The first kappa shape index (κ1) is 14.5. The van der Waals surface area contributed by atoms with Crippen LogP contribution in [0, 0.1) is 11.8 Å². The van der Waals surface area contributed by atoms with E-state index in [-0.39, 0.29) is 0 Å². The highest BCUT2D eigenvalue weighted by atomic mass is 16.3. The molecule has 4 nitrogen and oxygen atoms in total. The van der Waals surface area contributed by atoms with Gasteiger partial charge < -0.3 is 10.4 Å². The summed E-state index contributed by atoms with van der Waals surface area (Å²) in [5.41, 5.74) is 0.0216. The van der Waals surface area contributed by atoms with Crippen molar-refractivity contribution in [1.29, 1.82) is 0 Å². The van der Waals surface area contributed by atoms with Gasteiger partial charge in [-0.2, -0.15) is 5.10 Å². The maximum Gasteiger partial charge on any atom is 0.102 e. The van der Waals surface area contributed by atoms with E-state index in [0.717, 1.165) is 11.5 Å². The second-order valence-electron chi connectivity index (χ2n) is 6.43. The molecule has 2 N–H and O–H groups in total. The summed E-state index contributed by atoms with van der Waals surface area (Å²) in [5.74, 6) is 1.45. The monoisotopic (exact) mass is 265 g/mol. The van der Waals surface area contributed by atoms with Gasteiger partial charge in [0.05, 0.1) is 6.20 Å². The highest BCUT2D eigenvalue weighted by Gasteiger charge is 2.30. The second-order valence-corrected chi connectivity index (χ2v) is 6.43. The highest BCUT2D eigenvalue weighted by molar-refractivity contribution is 5.14. The van der Waals surface area contributed by atoms with E-state index in [1.807, 2.05) is 20.2 Å². The van der Waals surface area contributed by atoms with Crippen LogP contribution in [0.4, 0.5) is 0 Å². The molecule has 1 fully saturated rings. The Morgan fingerprint density at radius 2 is 2.21 bits per heavy atom. The van der Waals surface area contributed by atoms with Gasteiger partial charge in [-0.15, -0.1) is 0 Å². The third-order valence-corrected chi connectivity index (χ3v) is 4.74. The largest absolute Gasteiger partial charge is 0.384 e. The summed E-state index contributed by atoms with van der Waals surface area (Å²) in [7, 11) is 1.87. The molecule has 1 saturated carbocycles. The molecular formula is C15H27N3O. The number of hydrogen-bond donors (Lipinski definition) is 2. The van der Waals surface area contributed by atoms with Gasteiger partial charge >= 0.3 is 0 Å². The minimum absolute atomic E-state index is 0.520. The van der Waals surface area contributed by atoms with Crippen LogP contribution in [0.25, 0.3) is 0 Å². The van der Waals surface area contributed by atoms with Crippen LogP contribution in [0.15, 0.2) is 12.4 Å². The second kappa shape index (κ2) is 5.63. The van der Waals surface area contributed by atoms with Crippen LogP contribution in [0.5, 0.6) is 0 Å². The Bertz CT molecular complexity index is 413. The molecule has 4 atom stereocenters. The van der Waals surface area contributed by atoms with Gasteiger partial charge in [0, 0.05) is 31.4 Å². The van der Waals surface area contributed by atoms with Gasteiger partial charge in [-0.25, -0.2) is 0 Å². The van der Waals surface area contributed by atoms with Crippen molar-refractivity contribution in [3.05, 3.63) is 18.0 Å². The predicted octanol–water partition coefficient (Wildman–Crippen LogP) is 2.04. The first-order valence-electron chi connectivity index (χ1n) is 7.35. The summed E-state index contributed by atoms with van der Waals surface area (Å²) in [6.07, 6.45) is 7.47. The molecule has 0 aliphatic heterocycles. The maximum atomic E-state index is 10.6. The lowest BCUT2D eigenvalue weighted by Crippen LogP contribution is -2.46. The fraction of sp³-hybridized carbons (Fsp3) is 0.800. The number of aromatic nitrogens is 2. The van der Waals surface area contributed by atoms with Crippen LogP contribution in [0.2, 0.25) is 0 Å². The zero-order chi connectivity index (χ0) is 14.0. The Kier molecular flexibility index (Phi) is 4.31. The molecule has 0 aromatic carbocycles. The van der Waals surface area contributed by atoms with E-state index in [0.29, 0.717) is 18.5 Å². The minimum atomic E-state index is -0.853. The van der Waals surface area contributed by atoms with Crippen LogP contribution in [0.1, 0.15) is 45.6 Å². The zero-order valence-corrected chi connectivity index (χ0v) is 12.6. The summed E-state index contributed by atoms with van der Waals surface area (Å²) < 4.78 is 1.73. The van der Waals surface area contributed by atoms with Crippen LogP contribution in [0.3, 0.4) is 0 Å². The highest BCUT2D eigenvalue weighted by Crippen LogP contribution is 2.30. The molecule has 0 spiro atoms. The molecule has 1 heterocycles. The summed E-state index contributed by atoms with van der Waals surface area (Å²) in [6.45, 7) is 7.09. The topological polar surface area (TPSA) is 50.1 Å². The first-order valence-corrected chi connectivity index (χ1v) is 7.35. The molecule has 2 rings (SSSR count). The van der Waals surface area contributed by atoms with Crippen molar-refractivity contribution in [2.45, 2.75) is 51.7 Å². The Balaban J connectivity index is 1.94. The first-order chi connectivity index (χ1) is 8.90. The molecule has 0 saturated heterocycles. The van der Waals surface area contributed by atoms with Gasteiger partial charge in [-0.3, -0.25) is 4.68 Å². The Labute approximate surface area is 116 Å². The fourth-order valence-electron chi connectivity index (χ4n) is 3.00. The average Bonchev–Trinajstić information content (AvgIpc) is 2.79. The van der Waals surface area contributed by atoms with Crippen LogP contribution >= 0.6 is 0 Å². The van der Waals surface area contributed by atoms with E-state index >= 15 is 0 Å². The molecule has 108 valence electrons. The molecule has 0 unspecified atom stereocenters. The Morgan fingerprint density at radius 3 is 2.84 bits per heavy atom. The quantitative estimate of drug-likeness (QED) is 0.876. The normalized spacial score (nSPS) is 31.1. The average molecular weight is 265 g/mol. The molecule has 4 heteroatoms. The number of hydrogen-bond acceptors (Lipinski definition) is 3. The molecule has 1 aromatic heterocycles. The van der Waals surface area contributed by atoms with Crippen molar-refractivity contribution in [3.8, 4) is 0 Å². The van der Waals surface area contributed by atoms with Gasteiger partial charge in [0.15, 0.2) is 0 Å². The third-order valence-electron chi connectivity index (χ3n) is 4.74. The van der Waals surface area contributed by atoms with Crippen LogP contribution < -0.4 is 5.32 Å². The van der Waals surface area contributed by atoms with E-state index in [4.69, 9.17) is 0 Å². The smallest absolute Gasteiger partial charge is 0.102 e. The number of aliphatic hydroxyl groups is 1. The standard InChI is InChI=1S/C15H27N3O/c1-11-6-5-7-14(12(11)2)16-10-15(3,19)13-8-17-18(4)9-13/h8-9,11-12,14,16,19H,5-7,10H2,1-4H3/t11-,12-,14+,15-/m1/s1. The number of nitrogens with zero attached hydrogens (tertiary/aromatic N) is 2. The van der Waals surface area contributed by atoms with Crippen molar-refractivity contribution in [2.75, 3.05) is 6.54 Å². The lowest BCUT2D eigenvalue weighted by atomic mass is 9.78. The minimum Gasteiger partial charge on any atom is -0.384 e. The molecular weight excluding hydrogens is 238 g/mol. The van der Waals surface area contributed by atoms with Gasteiger partial charge in [-0.1, -0.05) is 26.7 Å². The van der Waals surface area contributed by atoms with Crippen molar-refractivity contribution >= 4 is 0 Å². The molecule has 1 aromatic rings. The zero-order valence-electron chi connectivity index (χ0n) is 12.6. The Morgan fingerprint density at radius 1 is 1.47 bits per heavy atom. The molecule has 19 heavy (non-hydrogen) atoms. The SMILES string of the molecule is C[C@@H]1[C@H](C)CCC[C@@H]1NC[C@@](C)(O)c1cnn(C)c1. The number of rotatable bonds is 4. The number of aryl methyl sites for hydroxylation is 1. The van der Waals surface area contributed by atoms with Crippen LogP contribution in [-0.2, 0) is 12.6 Å². The third kappa shape index (κ3) is 3.37. The molecule has 0 amide bonds. The molecule has 1 aliphatic rings. The summed E-state index contributed by atoms with van der Waals surface area (Å²) in [5, 5.41) is 18.3. The maximum absolute atomic E-state index is 10.6. The summed E-state index contributed by atoms with van der Waals surface area (Å²) >= 11 is 0. The predicted molar refractivity (Wildman–Crippen MR) is 76.7 cm³/mol. The number of nitrogens with one attached hydrogen (secondary N) is 1. The van der Waals surface area contributed by atoms with E-state index in [9.17, 15) is 5.11 Å². The summed E-state index contributed by atoms with van der Waals surface area (Å²) in [4.78, 5) is 0. The lowest BCUT2D eigenvalue weighted by molar-refractivity contribution is 0.0468. The van der Waals surface area contributed by atoms with Crippen molar-refractivity contribution in [2.24, 2.45) is 18.9 Å². The summed E-state index contributed by atoms with van der Waals surface area (Å²) in [6, 6.07) is 0.520. The van der Waals surface area contributed by atoms with Crippen LogP contribution in [-0.4, -0.2) is 27.5 Å². The fourth-order valence-corrected chi connectivity index (χ4v) is 3.00. The van der Waals surface area contributed by atoms with Crippen molar-refractivity contribution < 1.29 is 5.11 Å². The lowest BCUT2D eigenvalue weighted by Gasteiger charge is -2.36. The van der Waals surface area contributed by atoms with Gasteiger partial charge in [0.1, 0.15) is 5.60 Å². The van der Waals surface area contributed by atoms with E-state index in [2.05, 4.69) is 24.3 Å².